The van der Waals surface area contributed by atoms with Crippen molar-refractivity contribution < 1.29 is 9.84 Å². The molecule has 0 spiro atoms. The van der Waals surface area contributed by atoms with Gasteiger partial charge in [-0.3, -0.25) is 0 Å². The number of likely N-dealkylation sites (tertiary alicyclic amines) is 1. The third-order valence-corrected chi connectivity index (χ3v) is 3.75. The van der Waals surface area contributed by atoms with Crippen LogP contribution in [0.3, 0.4) is 0 Å². The Morgan fingerprint density at radius 1 is 1.56 bits per heavy atom. The predicted molar refractivity (Wildman–Crippen MR) is 61.6 cm³/mol. The molecule has 16 heavy (non-hydrogen) atoms. The lowest BCUT2D eigenvalue weighted by molar-refractivity contribution is 0.232. The van der Waals surface area contributed by atoms with Crippen LogP contribution in [0.4, 0.5) is 0 Å². The van der Waals surface area contributed by atoms with E-state index in [0.717, 1.165) is 6.42 Å². The molecule has 1 saturated heterocycles. The van der Waals surface area contributed by atoms with E-state index in [1.807, 2.05) is 0 Å². The van der Waals surface area contributed by atoms with Gasteiger partial charge >= 0.3 is 0 Å². The predicted octanol–water partition coefficient (Wildman–Crippen LogP) is 0.893. The molecular weight excluding hydrogens is 226 g/mol. The molecule has 0 amide bonds. The minimum absolute atomic E-state index is 0.0631. The summed E-state index contributed by atoms with van der Waals surface area (Å²) in [6.45, 7) is 1.81. The van der Waals surface area contributed by atoms with E-state index in [4.69, 9.17) is 9.84 Å². The first-order chi connectivity index (χ1) is 7.79. The molecule has 1 N–H and O–H groups in total. The average molecular weight is 243 g/mol. The summed E-state index contributed by atoms with van der Waals surface area (Å²) in [6.07, 6.45) is 3.58. The summed E-state index contributed by atoms with van der Waals surface area (Å²) in [5, 5.41) is 17.6. The van der Waals surface area contributed by atoms with E-state index in [9.17, 15) is 0 Å². The molecule has 1 unspecified atom stereocenters. The number of hydrogen-bond acceptors (Lipinski definition) is 6. The Labute approximate surface area is 99.1 Å². The Hall–Kier alpha value is -0.720. The van der Waals surface area contributed by atoms with Gasteiger partial charge in [-0.2, -0.15) is 0 Å². The Kier molecular flexibility index (Phi) is 4.09. The van der Waals surface area contributed by atoms with Gasteiger partial charge in [0.2, 0.25) is 0 Å². The Morgan fingerprint density at radius 2 is 2.44 bits per heavy atom. The van der Waals surface area contributed by atoms with E-state index in [-0.39, 0.29) is 6.61 Å². The van der Waals surface area contributed by atoms with Crippen molar-refractivity contribution in [2.45, 2.75) is 31.9 Å². The second kappa shape index (κ2) is 5.56. The minimum Gasteiger partial charge on any atom is -0.469 e. The standard InChI is InChI=1S/C10H17N3O2S/c1-13-5-2-3-8(13)4-6-15-10-12-11-9(7-14)16-10/h8,14H,2-7H2,1H3. The lowest BCUT2D eigenvalue weighted by Crippen LogP contribution is -2.26. The largest absolute Gasteiger partial charge is 0.469 e. The van der Waals surface area contributed by atoms with Gasteiger partial charge in [0.05, 0.1) is 13.2 Å². The SMILES string of the molecule is CN1CCCC1CCOc1nnc(CO)s1. The summed E-state index contributed by atoms with van der Waals surface area (Å²) in [5.41, 5.74) is 0. The smallest absolute Gasteiger partial charge is 0.294 e. The van der Waals surface area contributed by atoms with Gasteiger partial charge in [-0.15, -0.1) is 5.10 Å². The van der Waals surface area contributed by atoms with E-state index in [1.54, 1.807) is 0 Å². The molecule has 0 saturated carbocycles. The van der Waals surface area contributed by atoms with Crippen molar-refractivity contribution >= 4 is 11.3 Å². The molecule has 1 aliphatic heterocycles. The van der Waals surface area contributed by atoms with Crippen LogP contribution in [0.5, 0.6) is 5.19 Å². The molecule has 1 aliphatic rings. The number of aliphatic hydroxyl groups excluding tert-OH is 1. The first-order valence-corrected chi connectivity index (χ1v) is 6.37. The summed E-state index contributed by atoms with van der Waals surface area (Å²) in [6, 6.07) is 0.644. The van der Waals surface area contributed by atoms with E-state index in [2.05, 4.69) is 22.1 Å². The van der Waals surface area contributed by atoms with Crippen molar-refractivity contribution in [3.8, 4) is 5.19 Å². The van der Waals surface area contributed by atoms with Crippen LogP contribution < -0.4 is 4.74 Å². The average Bonchev–Trinajstić information content (AvgIpc) is 2.89. The van der Waals surface area contributed by atoms with Crippen molar-refractivity contribution in [1.82, 2.24) is 15.1 Å². The van der Waals surface area contributed by atoms with Crippen LogP contribution >= 0.6 is 11.3 Å². The first-order valence-electron chi connectivity index (χ1n) is 5.56. The maximum atomic E-state index is 8.83. The molecule has 1 aromatic heterocycles. The molecule has 2 heterocycles. The van der Waals surface area contributed by atoms with Crippen LogP contribution in [-0.2, 0) is 6.61 Å². The van der Waals surface area contributed by atoms with Crippen molar-refractivity contribution in [1.29, 1.82) is 0 Å². The highest BCUT2D eigenvalue weighted by Gasteiger charge is 2.20. The fraction of sp³-hybridized carbons (Fsp3) is 0.800. The van der Waals surface area contributed by atoms with E-state index in [1.165, 1.54) is 30.7 Å². The van der Waals surface area contributed by atoms with Gasteiger partial charge in [0.25, 0.3) is 5.19 Å². The monoisotopic (exact) mass is 243 g/mol. The van der Waals surface area contributed by atoms with E-state index < -0.39 is 0 Å². The highest BCUT2D eigenvalue weighted by atomic mass is 32.1. The third kappa shape index (κ3) is 2.90. The van der Waals surface area contributed by atoms with Crippen LogP contribution in [0.25, 0.3) is 0 Å². The summed E-state index contributed by atoms with van der Waals surface area (Å²) >= 11 is 1.31. The normalized spacial score (nSPS) is 21.5. The lowest BCUT2D eigenvalue weighted by atomic mass is 10.2. The number of rotatable bonds is 5. The highest BCUT2D eigenvalue weighted by molar-refractivity contribution is 7.13. The van der Waals surface area contributed by atoms with Crippen LogP contribution in [0.15, 0.2) is 0 Å². The zero-order chi connectivity index (χ0) is 11.4. The molecule has 5 nitrogen and oxygen atoms in total. The maximum Gasteiger partial charge on any atom is 0.294 e. The summed E-state index contributed by atoms with van der Waals surface area (Å²) in [4.78, 5) is 2.38. The second-order valence-corrected chi connectivity index (χ2v) is 5.06. The maximum absolute atomic E-state index is 8.83. The zero-order valence-corrected chi connectivity index (χ0v) is 10.2. The quantitative estimate of drug-likeness (QED) is 0.832. The molecular formula is C10H17N3O2S. The molecule has 0 aromatic carbocycles. The van der Waals surface area contributed by atoms with Crippen LogP contribution in [0, 0.1) is 0 Å². The molecule has 2 rings (SSSR count). The Morgan fingerprint density at radius 3 is 3.06 bits per heavy atom. The molecule has 1 atom stereocenters. The molecule has 0 bridgehead atoms. The second-order valence-electron chi connectivity index (χ2n) is 4.03. The van der Waals surface area contributed by atoms with Gasteiger partial charge in [-0.05, 0) is 32.9 Å². The van der Waals surface area contributed by atoms with Crippen LogP contribution in [0.2, 0.25) is 0 Å². The van der Waals surface area contributed by atoms with Crippen molar-refractivity contribution in [2.24, 2.45) is 0 Å². The molecule has 90 valence electrons. The van der Waals surface area contributed by atoms with Gasteiger partial charge in [-0.25, -0.2) is 0 Å². The summed E-state index contributed by atoms with van der Waals surface area (Å²) in [7, 11) is 2.16. The van der Waals surface area contributed by atoms with Crippen LogP contribution in [0.1, 0.15) is 24.3 Å². The van der Waals surface area contributed by atoms with Gasteiger partial charge in [0.1, 0.15) is 5.01 Å². The zero-order valence-electron chi connectivity index (χ0n) is 9.43. The van der Waals surface area contributed by atoms with Gasteiger partial charge < -0.3 is 14.7 Å². The van der Waals surface area contributed by atoms with Gasteiger partial charge in [0.15, 0.2) is 0 Å². The van der Waals surface area contributed by atoms with Gasteiger partial charge in [0, 0.05) is 6.04 Å². The first kappa shape index (κ1) is 11.8. The van der Waals surface area contributed by atoms with Crippen molar-refractivity contribution in [2.75, 3.05) is 20.2 Å². The fourth-order valence-electron chi connectivity index (χ4n) is 1.99. The number of nitrogens with zero attached hydrogens (tertiary/aromatic N) is 3. The van der Waals surface area contributed by atoms with E-state index in [0.29, 0.717) is 22.9 Å². The number of aromatic nitrogens is 2. The molecule has 6 heteroatoms. The number of aliphatic hydroxyl groups is 1. The molecule has 1 fully saturated rings. The Bertz CT molecular complexity index is 332. The minimum atomic E-state index is -0.0631. The van der Waals surface area contributed by atoms with Crippen molar-refractivity contribution in [3.63, 3.8) is 0 Å². The number of hydrogen-bond donors (Lipinski definition) is 1. The molecule has 1 aromatic rings. The number of ether oxygens (including phenoxy) is 1. The summed E-state index contributed by atoms with van der Waals surface area (Å²) < 4.78 is 5.51. The lowest BCUT2D eigenvalue weighted by Gasteiger charge is -2.18. The summed E-state index contributed by atoms with van der Waals surface area (Å²) in [5.74, 6) is 0. The fourth-order valence-corrected chi connectivity index (χ4v) is 2.56. The van der Waals surface area contributed by atoms with Crippen LogP contribution in [-0.4, -0.2) is 46.4 Å². The third-order valence-electron chi connectivity index (χ3n) is 2.93. The molecule has 0 radical (unpaired) electrons. The van der Waals surface area contributed by atoms with Gasteiger partial charge in [-0.1, -0.05) is 16.4 Å². The highest BCUT2D eigenvalue weighted by Crippen LogP contribution is 2.20. The van der Waals surface area contributed by atoms with E-state index >= 15 is 0 Å². The Balaban J connectivity index is 1.71. The topological polar surface area (TPSA) is 58.5 Å². The van der Waals surface area contributed by atoms with Crippen molar-refractivity contribution in [3.05, 3.63) is 5.01 Å². The molecule has 0 aliphatic carbocycles.